The number of ether oxygens (including phenoxy) is 1. The van der Waals surface area contributed by atoms with E-state index >= 15 is 0 Å². The van der Waals surface area contributed by atoms with Gasteiger partial charge < -0.3 is 4.74 Å². The van der Waals surface area contributed by atoms with Gasteiger partial charge in [0.1, 0.15) is 0 Å². The molecule has 2 heteroatoms. The van der Waals surface area contributed by atoms with E-state index < -0.39 is 0 Å². The zero-order valence-corrected chi connectivity index (χ0v) is 7.93. The molecule has 0 bridgehead atoms. The molecule has 0 unspecified atom stereocenters. The van der Waals surface area contributed by atoms with E-state index in [9.17, 15) is 4.79 Å². The standard InChI is InChI=1S/C10H17O2/c1-8(2)6-5-7-12-10(11)9(3)4/h8H,1,3,5-7H2,2,4H3/t8-/m1/s1. The Morgan fingerprint density at radius 1 is 1.58 bits per heavy atom. The van der Waals surface area contributed by atoms with E-state index in [2.05, 4.69) is 13.5 Å². The maximum Gasteiger partial charge on any atom is 0.333 e. The first-order valence-corrected chi connectivity index (χ1v) is 4.19. The SMILES string of the molecule is [CH2][C@H](C)CCCOC(=O)C(=C)C. The topological polar surface area (TPSA) is 26.3 Å². The van der Waals surface area contributed by atoms with Crippen molar-refractivity contribution in [3.05, 3.63) is 19.1 Å². The summed E-state index contributed by atoms with van der Waals surface area (Å²) in [5.74, 6) is 0.125. The van der Waals surface area contributed by atoms with Crippen LogP contribution in [-0.2, 0) is 9.53 Å². The molecular formula is C10H17O2. The van der Waals surface area contributed by atoms with Gasteiger partial charge in [-0.1, -0.05) is 20.4 Å². The van der Waals surface area contributed by atoms with E-state index in [4.69, 9.17) is 4.74 Å². The van der Waals surface area contributed by atoms with Crippen LogP contribution < -0.4 is 0 Å². The third kappa shape index (κ3) is 5.96. The Morgan fingerprint density at radius 3 is 2.58 bits per heavy atom. The fourth-order valence-electron chi connectivity index (χ4n) is 0.720. The van der Waals surface area contributed by atoms with Gasteiger partial charge in [-0.05, 0) is 25.7 Å². The molecule has 1 radical (unpaired) electrons. The summed E-state index contributed by atoms with van der Waals surface area (Å²) in [6, 6.07) is 0. The minimum absolute atomic E-state index is 0.299. The monoisotopic (exact) mass is 169 g/mol. The Morgan fingerprint density at radius 2 is 2.17 bits per heavy atom. The molecule has 0 N–H and O–H groups in total. The van der Waals surface area contributed by atoms with Gasteiger partial charge in [-0.15, -0.1) is 0 Å². The van der Waals surface area contributed by atoms with Crippen LogP contribution in [-0.4, -0.2) is 12.6 Å². The molecule has 12 heavy (non-hydrogen) atoms. The third-order valence-electron chi connectivity index (χ3n) is 1.42. The quantitative estimate of drug-likeness (QED) is 0.359. The van der Waals surface area contributed by atoms with Gasteiger partial charge in [-0.25, -0.2) is 4.79 Å². The van der Waals surface area contributed by atoms with Gasteiger partial charge in [0.15, 0.2) is 0 Å². The Labute approximate surface area is 74.6 Å². The minimum Gasteiger partial charge on any atom is -0.462 e. The summed E-state index contributed by atoms with van der Waals surface area (Å²) in [5, 5.41) is 0. The largest absolute Gasteiger partial charge is 0.462 e. The van der Waals surface area contributed by atoms with Crippen molar-refractivity contribution in [2.45, 2.75) is 26.7 Å². The first kappa shape index (κ1) is 11.2. The zero-order valence-electron chi connectivity index (χ0n) is 7.93. The molecule has 1 atom stereocenters. The van der Waals surface area contributed by atoms with Gasteiger partial charge >= 0.3 is 5.97 Å². The van der Waals surface area contributed by atoms with E-state index in [1.54, 1.807) is 6.92 Å². The molecule has 0 amide bonds. The van der Waals surface area contributed by atoms with Gasteiger partial charge in [0.2, 0.25) is 0 Å². The molecule has 0 spiro atoms. The summed E-state index contributed by atoms with van der Waals surface area (Å²) in [6.07, 6.45) is 1.87. The second kappa shape index (κ2) is 5.81. The van der Waals surface area contributed by atoms with Gasteiger partial charge in [-0.2, -0.15) is 0 Å². The summed E-state index contributed by atoms with van der Waals surface area (Å²) in [7, 11) is 0. The lowest BCUT2D eigenvalue weighted by Crippen LogP contribution is -2.06. The van der Waals surface area contributed by atoms with Crippen LogP contribution in [0, 0.1) is 12.8 Å². The van der Waals surface area contributed by atoms with Crippen LogP contribution in [0.4, 0.5) is 0 Å². The number of rotatable bonds is 5. The average Bonchev–Trinajstić information content (AvgIpc) is 1.97. The molecule has 0 aliphatic heterocycles. The third-order valence-corrected chi connectivity index (χ3v) is 1.42. The highest BCUT2D eigenvalue weighted by Gasteiger charge is 2.02. The lowest BCUT2D eigenvalue weighted by molar-refractivity contribution is -0.139. The molecule has 0 aliphatic carbocycles. The van der Waals surface area contributed by atoms with Crippen molar-refractivity contribution < 1.29 is 9.53 Å². The Hall–Kier alpha value is -0.790. The fraction of sp³-hybridized carbons (Fsp3) is 0.600. The molecule has 0 saturated carbocycles. The fourth-order valence-corrected chi connectivity index (χ4v) is 0.720. The van der Waals surface area contributed by atoms with Crippen molar-refractivity contribution in [2.75, 3.05) is 6.61 Å². The van der Waals surface area contributed by atoms with Crippen molar-refractivity contribution in [3.63, 3.8) is 0 Å². The molecule has 0 aliphatic rings. The number of esters is 1. The summed E-state index contributed by atoms with van der Waals surface area (Å²) >= 11 is 0. The Balaban J connectivity index is 3.32. The number of carbonyl (C=O) groups excluding carboxylic acids is 1. The normalized spacial score (nSPS) is 10.0. The first-order chi connectivity index (χ1) is 5.54. The van der Waals surface area contributed by atoms with Crippen molar-refractivity contribution in [1.82, 2.24) is 0 Å². The van der Waals surface area contributed by atoms with Crippen molar-refractivity contribution in [3.8, 4) is 0 Å². The molecule has 2 nitrogen and oxygen atoms in total. The highest BCUT2D eigenvalue weighted by Crippen LogP contribution is 2.03. The lowest BCUT2D eigenvalue weighted by Gasteiger charge is -2.05. The van der Waals surface area contributed by atoms with E-state index in [1.807, 2.05) is 6.92 Å². The van der Waals surface area contributed by atoms with Crippen LogP contribution in [0.1, 0.15) is 26.7 Å². The summed E-state index contributed by atoms with van der Waals surface area (Å²) in [6.45, 7) is 11.5. The van der Waals surface area contributed by atoms with Gasteiger partial charge in [0.05, 0.1) is 6.61 Å². The van der Waals surface area contributed by atoms with E-state index in [0.29, 0.717) is 18.1 Å². The van der Waals surface area contributed by atoms with Crippen molar-refractivity contribution >= 4 is 5.97 Å². The highest BCUT2D eigenvalue weighted by atomic mass is 16.5. The second-order valence-electron chi connectivity index (χ2n) is 3.16. The second-order valence-corrected chi connectivity index (χ2v) is 3.16. The molecule has 0 heterocycles. The molecular weight excluding hydrogens is 152 g/mol. The average molecular weight is 169 g/mol. The van der Waals surface area contributed by atoms with Crippen LogP contribution in [0.25, 0.3) is 0 Å². The molecule has 0 fully saturated rings. The number of hydrogen-bond donors (Lipinski definition) is 0. The Kier molecular flexibility index (Phi) is 5.43. The first-order valence-electron chi connectivity index (χ1n) is 4.19. The van der Waals surface area contributed by atoms with E-state index in [0.717, 1.165) is 12.8 Å². The van der Waals surface area contributed by atoms with Crippen LogP contribution in [0.15, 0.2) is 12.2 Å². The van der Waals surface area contributed by atoms with Crippen molar-refractivity contribution in [2.24, 2.45) is 5.92 Å². The number of carbonyl (C=O) groups is 1. The molecule has 0 aromatic carbocycles. The maximum absolute atomic E-state index is 10.9. The van der Waals surface area contributed by atoms with E-state index in [-0.39, 0.29) is 5.97 Å². The highest BCUT2D eigenvalue weighted by molar-refractivity contribution is 5.86. The lowest BCUT2D eigenvalue weighted by atomic mass is 10.1. The summed E-state index contributed by atoms with van der Waals surface area (Å²) in [4.78, 5) is 10.9. The van der Waals surface area contributed by atoms with Crippen LogP contribution >= 0.6 is 0 Å². The molecule has 0 saturated heterocycles. The molecule has 0 aromatic rings. The van der Waals surface area contributed by atoms with Gasteiger partial charge in [-0.3, -0.25) is 0 Å². The zero-order chi connectivity index (χ0) is 9.56. The summed E-state index contributed by atoms with van der Waals surface area (Å²) < 4.78 is 4.89. The summed E-state index contributed by atoms with van der Waals surface area (Å²) in [5.41, 5.74) is 0.456. The minimum atomic E-state index is -0.299. The Bertz CT molecular complexity index is 159. The molecule has 69 valence electrons. The van der Waals surface area contributed by atoms with Crippen LogP contribution in [0.2, 0.25) is 0 Å². The van der Waals surface area contributed by atoms with Gasteiger partial charge in [0, 0.05) is 5.57 Å². The predicted octanol–water partition coefficient (Wildman–Crippen LogP) is 2.36. The van der Waals surface area contributed by atoms with Crippen LogP contribution in [0.3, 0.4) is 0 Å². The van der Waals surface area contributed by atoms with Crippen molar-refractivity contribution in [1.29, 1.82) is 0 Å². The maximum atomic E-state index is 10.9. The van der Waals surface area contributed by atoms with Crippen LogP contribution in [0.5, 0.6) is 0 Å². The smallest absolute Gasteiger partial charge is 0.333 e. The number of hydrogen-bond acceptors (Lipinski definition) is 2. The molecule has 0 aromatic heterocycles. The van der Waals surface area contributed by atoms with Gasteiger partial charge in [0.25, 0.3) is 0 Å². The molecule has 0 rings (SSSR count). The predicted molar refractivity (Wildman–Crippen MR) is 49.5 cm³/mol. The van der Waals surface area contributed by atoms with E-state index in [1.165, 1.54) is 0 Å².